The van der Waals surface area contributed by atoms with Gasteiger partial charge in [-0.3, -0.25) is 0 Å². The van der Waals surface area contributed by atoms with E-state index in [0.29, 0.717) is 11.5 Å². The molecule has 0 spiro atoms. The van der Waals surface area contributed by atoms with Crippen LogP contribution in [0.4, 0.5) is 0 Å². The van der Waals surface area contributed by atoms with Gasteiger partial charge >= 0.3 is 5.97 Å². The number of carbonyl (C=O) groups is 1. The van der Waals surface area contributed by atoms with Gasteiger partial charge in [-0.25, -0.2) is 4.79 Å². The Balaban J connectivity index is 2.33. The summed E-state index contributed by atoms with van der Waals surface area (Å²) in [5.74, 6) is 1.35. The molecule has 2 unspecified atom stereocenters. The molecule has 0 radical (unpaired) electrons. The summed E-state index contributed by atoms with van der Waals surface area (Å²) in [6.45, 7) is 0. The summed E-state index contributed by atoms with van der Waals surface area (Å²) in [5.41, 5.74) is 0.226. The van der Waals surface area contributed by atoms with Gasteiger partial charge < -0.3 is 19.7 Å². The van der Waals surface area contributed by atoms with E-state index in [2.05, 4.69) is 0 Å². The average Bonchev–Trinajstić information content (AvgIpc) is 2.91. The lowest BCUT2D eigenvalue weighted by Crippen LogP contribution is -2.19. The second kappa shape index (κ2) is 6.16. The first-order chi connectivity index (χ1) is 9.13. The SMILES string of the molecule is COc1cccc(C(O)C(=O)O)c1OC1CCSC1. The van der Waals surface area contributed by atoms with Gasteiger partial charge in [0.15, 0.2) is 17.6 Å². The molecule has 0 amide bonds. The molecule has 5 nitrogen and oxygen atoms in total. The smallest absolute Gasteiger partial charge is 0.337 e. The van der Waals surface area contributed by atoms with E-state index in [-0.39, 0.29) is 11.7 Å². The lowest BCUT2D eigenvalue weighted by Gasteiger charge is -2.19. The highest BCUT2D eigenvalue weighted by Gasteiger charge is 2.26. The summed E-state index contributed by atoms with van der Waals surface area (Å²) in [4.78, 5) is 10.9. The van der Waals surface area contributed by atoms with Gasteiger partial charge in [0, 0.05) is 11.3 Å². The van der Waals surface area contributed by atoms with E-state index in [4.69, 9.17) is 14.6 Å². The van der Waals surface area contributed by atoms with Crippen molar-refractivity contribution in [1.82, 2.24) is 0 Å². The summed E-state index contributed by atoms with van der Waals surface area (Å²) < 4.78 is 11.0. The summed E-state index contributed by atoms with van der Waals surface area (Å²) in [7, 11) is 1.49. The topological polar surface area (TPSA) is 76.0 Å². The van der Waals surface area contributed by atoms with Crippen molar-refractivity contribution in [3.05, 3.63) is 23.8 Å². The number of ether oxygens (including phenoxy) is 2. The number of benzene rings is 1. The molecule has 1 aliphatic rings. The third kappa shape index (κ3) is 3.13. The van der Waals surface area contributed by atoms with Gasteiger partial charge in [0.1, 0.15) is 6.10 Å². The molecule has 1 aromatic rings. The third-order valence-electron chi connectivity index (χ3n) is 2.93. The minimum absolute atomic E-state index is 0.0287. The molecule has 0 aliphatic carbocycles. The number of aliphatic hydroxyl groups is 1. The number of aliphatic hydroxyl groups excluding tert-OH is 1. The number of carboxylic acid groups (broad SMARTS) is 1. The first kappa shape index (κ1) is 14.0. The third-order valence-corrected chi connectivity index (χ3v) is 4.06. The highest BCUT2D eigenvalue weighted by molar-refractivity contribution is 7.99. The van der Waals surface area contributed by atoms with E-state index in [1.807, 2.05) is 0 Å². The van der Waals surface area contributed by atoms with E-state index in [1.54, 1.807) is 30.0 Å². The second-order valence-electron chi connectivity index (χ2n) is 4.22. The van der Waals surface area contributed by atoms with Crippen molar-refractivity contribution in [3.8, 4) is 11.5 Å². The van der Waals surface area contributed by atoms with Crippen LogP contribution in [0.25, 0.3) is 0 Å². The summed E-state index contributed by atoms with van der Waals surface area (Å²) in [6, 6.07) is 4.87. The van der Waals surface area contributed by atoms with Crippen molar-refractivity contribution in [3.63, 3.8) is 0 Å². The zero-order valence-corrected chi connectivity index (χ0v) is 11.4. The maximum absolute atomic E-state index is 10.9. The Morgan fingerprint density at radius 3 is 2.89 bits per heavy atom. The molecule has 2 atom stereocenters. The molecule has 2 rings (SSSR count). The molecule has 0 saturated carbocycles. The quantitative estimate of drug-likeness (QED) is 0.857. The van der Waals surface area contributed by atoms with E-state index in [1.165, 1.54) is 7.11 Å². The van der Waals surface area contributed by atoms with Crippen molar-refractivity contribution < 1.29 is 24.5 Å². The van der Waals surface area contributed by atoms with Crippen LogP contribution < -0.4 is 9.47 Å². The Labute approximate surface area is 115 Å². The van der Waals surface area contributed by atoms with E-state index >= 15 is 0 Å². The number of rotatable bonds is 5. The van der Waals surface area contributed by atoms with Gasteiger partial charge in [0.25, 0.3) is 0 Å². The van der Waals surface area contributed by atoms with Crippen LogP contribution in [0.1, 0.15) is 18.1 Å². The number of para-hydroxylation sites is 1. The Morgan fingerprint density at radius 1 is 1.53 bits per heavy atom. The zero-order chi connectivity index (χ0) is 13.8. The van der Waals surface area contributed by atoms with Crippen molar-refractivity contribution in [2.24, 2.45) is 0 Å². The molecule has 1 aliphatic heterocycles. The highest BCUT2D eigenvalue weighted by atomic mass is 32.2. The molecule has 2 N–H and O–H groups in total. The van der Waals surface area contributed by atoms with E-state index < -0.39 is 12.1 Å². The highest BCUT2D eigenvalue weighted by Crippen LogP contribution is 2.37. The van der Waals surface area contributed by atoms with Crippen LogP contribution in [0.15, 0.2) is 18.2 Å². The Kier molecular flexibility index (Phi) is 4.55. The molecule has 0 bridgehead atoms. The standard InChI is InChI=1S/C13H16O5S/c1-17-10-4-2-3-9(11(14)13(15)16)12(10)18-8-5-6-19-7-8/h2-4,8,11,14H,5-7H2,1H3,(H,15,16). The summed E-state index contributed by atoms with van der Waals surface area (Å²) >= 11 is 1.79. The lowest BCUT2D eigenvalue weighted by atomic mass is 10.1. The normalized spacial score (nSPS) is 20.0. The lowest BCUT2D eigenvalue weighted by molar-refractivity contribution is -0.147. The van der Waals surface area contributed by atoms with Crippen molar-refractivity contribution in [1.29, 1.82) is 0 Å². The molecule has 1 fully saturated rings. The molecule has 6 heteroatoms. The van der Waals surface area contributed by atoms with Gasteiger partial charge in [-0.1, -0.05) is 12.1 Å². The minimum Gasteiger partial charge on any atom is -0.493 e. The van der Waals surface area contributed by atoms with Gasteiger partial charge in [-0.15, -0.1) is 0 Å². The zero-order valence-electron chi connectivity index (χ0n) is 10.5. The maximum atomic E-state index is 10.9. The van der Waals surface area contributed by atoms with E-state index in [0.717, 1.165) is 17.9 Å². The maximum Gasteiger partial charge on any atom is 0.337 e. The first-order valence-electron chi connectivity index (χ1n) is 5.95. The number of thioether (sulfide) groups is 1. The van der Waals surface area contributed by atoms with E-state index in [9.17, 15) is 9.90 Å². The van der Waals surface area contributed by atoms with Crippen LogP contribution >= 0.6 is 11.8 Å². The van der Waals surface area contributed by atoms with Crippen molar-refractivity contribution in [2.45, 2.75) is 18.6 Å². The van der Waals surface area contributed by atoms with Crippen molar-refractivity contribution in [2.75, 3.05) is 18.6 Å². The molecule has 1 heterocycles. The van der Waals surface area contributed by atoms with Gasteiger partial charge in [0.05, 0.1) is 7.11 Å². The second-order valence-corrected chi connectivity index (χ2v) is 5.37. The number of hydrogen-bond acceptors (Lipinski definition) is 5. The molecule has 0 aromatic heterocycles. The predicted octanol–water partition coefficient (Wildman–Crippen LogP) is 1.70. The average molecular weight is 284 g/mol. The van der Waals surface area contributed by atoms with Crippen molar-refractivity contribution >= 4 is 17.7 Å². The van der Waals surface area contributed by atoms with Gasteiger partial charge in [0.2, 0.25) is 0 Å². The van der Waals surface area contributed by atoms with Crippen LogP contribution in [0.3, 0.4) is 0 Å². The molecule has 1 aromatic carbocycles. The van der Waals surface area contributed by atoms with Gasteiger partial charge in [-0.05, 0) is 18.2 Å². The largest absolute Gasteiger partial charge is 0.493 e. The summed E-state index contributed by atoms with van der Waals surface area (Å²) in [6.07, 6.45) is -0.675. The Bertz CT molecular complexity index is 456. The predicted molar refractivity (Wildman–Crippen MR) is 71.9 cm³/mol. The van der Waals surface area contributed by atoms with Crippen LogP contribution in [-0.2, 0) is 4.79 Å². The van der Waals surface area contributed by atoms with Crippen LogP contribution in [-0.4, -0.2) is 40.9 Å². The fraction of sp³-hybridized carbons (Fsp3) is 0.462. The van der Waals surface area contributed by atoms with Gasteiger partial charge in [-0.2, -0.15) is 11.8 Å². The van der Waals surface area contributed by atoms with Crippen LogP contribution in [0.2, 0.25) is 0 Å². The minimum atomic E-state index is -1.61. The monoisotopic (exact) mass is 284 g/mol. The fourth-order valence-corrected chi connectivity index (χ4v) is 3.03. The Morgan fingerprint density at radius 2 is 2.32 bits per heavy atom. The number of aliphatic carboxylic acids is 1. The molecular formula is C13H16O5S. The number of methoxy groups -OCH3 is 1. The fourth-order valence-electron chi connectivity index (χ4n) is 1.94. The number of hydrogen-bond donors (Lipinski definition) is 2. The number of carboxylic acids is 1. The van der Waals surface area contributed by atoms with Crippen LogP contribution in [0.5, 0.6) is 11.5 Å². The molecule has 19 heavy (non-hydrogen) atoms. The molecular weight excluding hydrogens is 268 g/mol. The first-order valence-corrected chi connectivity index (χ1v) is 7.11. The molecule has 1 saturated heterocycles. The molecule has 104 valence electrons. The Hall–Kier alpha value is -1.40. The summed E-state index contributed by atoms with van der Waals surface area (Å²) in [5, 5.41) is 18.7. The van der Waals surface area contributed by atoms with Crippen LogP contribution in [0, 0.1) is 0 Å².